The van der Waals surface area contributed by atoms with Gasteiger partial charge in [-0.2, -0.15) is 0 Å². The van der Waals surface area contributed by atoms with Crippen molar-refractivity contribution in [1.29, 1.82) is 0 Å². The van der Waals surface area contributed by atoms with Crippen molar-refractivity contribution in [2.75, 3.05) is 0 Å². The van der Waals surface area contributed by atoms with Crippen molar-refractivity contribution in [3.05, 3.63) is 23.5 Å². The van der Waals surface area contributed by atoms with Crippen LogP contribution >= 0.6 is 22.9 Å². The third-order valence-corrected chi connectivity index (χ3v) is 4.04. The normalized spacial score (nSPS) is 13.6. The Hall–Kier alpha value is -0.670. The Morgan fingerprint density at radius 2 is 2.20 bits per heavy atom. The van der Waals surface area contributed by atoms with E-state index in [0.717, 1.165) is 17.6 Å². The predicted molar refractivity (Wildman–Crippen MR) is 65.6 cm³/mol. The Balaban J connectivity index is 2.31. The van der Waals surface area contributed by atoms with Crippen LogP contribution in [-0.2, 0) is 6.42 Å². The monoisotopic (exact) mass is 240 g/mol. The molecule has 1 unspecified atom stereocenters. The molecule has 2 aromatic rings. The van der Waals surface area contributed by atoms with E-state index in [9.17, 15) is 0 Å². The van der Waals surface area contributed by atoms with Gasteiger partial charge < -0.3 is 0 Å². The molecule has 0 saturated heterocycles. The number of aromatic nitrogens is 2. The Morgan fingerprint density at radius 3 is 2.93 bits per heavy atom. The maximum atomic E-state index is 6.26. The molecule has 0 aliphatic carbocycles. The van der Waals surface area contributed by atoms with Gasteiger partial charge in [0.1, 0.15) is 6.33 Å². The van der Waals surface area contributed by atoms with Gasteiger partial charge in [0.05, 0.1) is 15.9 Å². The number of nitrogens with zero attached hydrogens (tertiary/aromatic N) is 2. The first-order chi connectivity index (χ1) is 7.18. The lowest BCUT2D eigenvalue weighted by Gasteiger charge is -2.12. The third-order valence-electron chi connectivity index (χ3n) is 2.43. The molecule has 0 aliphatic heterocycles. The van der Waals surface area contributed by atoms with Crippen molar-refractivity contribution in [1.82, 2.24) is 9.97 Å². The van der Waals surface area contributed by atoms with Crippen LogP contribution in [0.2, 0.25) is 0 Å². The van der Waals surface area contributed by atoms with Crippen molar-refractivity contribution in [3.8, 4) is 0 Å². The summed E-state index contributed by atoms with van der Waals surface area (Å²) in [5.74, 6) is 0.469. The topological polar surface area (TPSA) is 25.8 Å². The van der Waals surface area contributed by atoms with E-state index < -0.39 is 0 Å². The summed E-state index contributed by atoms with van der Waals surface area (Å²) in [5, 5.41) is 2.19. The molecule has 0 saturated carbocycles. The van der Waals surface area contributed by atoms with Crippen molar-refractivity contribution in [2.45, 2.75) is 25.6 Å². The Kier molecular flexibility index (Phi) is 3.22. The molecule has 0 aromatic carbocycles. The fourth-order valence-electron chi connectivity index (χ4n) is 1.41. The number of alkyl halides is 1. The second kappa shape index (κ2) is 4.45. The molecule has 4 heteroatoms. The molecule has 80 valence electrons. The highest BCUT2D eigenvalue weighted by atomic mass is 35.5. The van der Waals surface area contributed by atoms with E-state index in [0.29, 0.717) is 5.92 Å². The number of thiophene rings is 1. The van der Waals surface area contributed by atoms with Gasteiger partial charge in [0.25, 0.3) is 0 Å². The van der Waals surface area contributed by atoms with Crippen LogP contribution < -0.4 is 0 Å². The SMILES string of the molecule is CC(C)C(Cl)Cc1ncnc2ccsc12. The van der Waals surface area contributed by atoms with Gasteiger partial charge in [0.2, 0.25) is 0 Å². The predicted octanol–water partition coefficient (Wildman–Crippen LogP) is 3.50. The van der Waals surface area contributed by atoms with E-state index >= 15 is 0 Å². The maximum Gasteiger partial charge on any atom is 0.116 e. The first kappa shape index (κ1) is 10.8. The number of hydrogen-bond donors (Lipinski definition) is 0. The average molecular weight is 241 g/mol. The zero-order chi connectivity index (χ0) is 10.8. The van der Waals surface area contributed by atoms with Crippen molar-refractivity contribution < 1.29 is 0 Å². The van der Waals surface area contributed by atoms with Crippen LogP contribution in [0, 0.1) is 5.92 Å². The van der Waals surface area contributed by atoms with Crippen molar-refractivity contribution in [3.63, 3.8) is 0 Å². The minimum Gasteiger partial charge on any atom is -0.240 e. The molecule has 0 bridgehead atoms. The summed E-state index contributed by atoms with van der Waals surface area (Å²) in [4.78, 5) is 8.53. The summed E-state index contributed by atoms with van der Waals surface area (Å²) in [5.41, 5.74) is 2.10. The summed E-state index contributed by atoms with van der Waals surface area (Å²) < 4.78 is 1.17. The molecule has 2 heterocycles. The van der Waals surface area contributed by atoms with E-state index in [4.69, 9.17) is 11.6 Å². The van der Waals surface area contributed by atoms with E-state index in [-0.39, 0.29) is 5.38 Å². The fourth-order valence-corrected chi connectivity index (χ4v) is 2.40. The molecule has 0 spiro atoms. The number of halogens is 1. The molecule has 1 atom stereocenters. The highest BCUT2D eigenvalue weighted by Gasteiger charge is 2.14. The van der Waals surface area contributed by atoms with Crippen molar-refractivity contribution in [2.24, 2.45) is 5.92 Å². The fraction of sp³-hybridized carbons (Fsp3) is 0.455. The largest absolute Gasteiger partial charge is 0.240 e. The zero-order valence-corrected chi connectivity index (χ0v) is 10.3. The summed E-state index contributed by atoms with van der Waals surface area (Å²) in [7, 11) is 0. The van der Waals surface area contributed by atoms with Gasteiger partial charge in [-0.15, -0.1) is 22.9 Å². The summed E-state index contributed by atoms with van der Waals surface area (Å²) >= 11 is 7.95. The first-order valence-electron chi connectivity index (χ1n) is 4.99. The van der Waals surface area contributed by atoms with Crippen LogP contribution in [0.5, 0.6) is 0 Å². The van der Waals surface area contributed by atoms with Gasteiger partial charge >= 0.3 is 0 Å². The highest BCUT2D eigenvalue weighted by Crippen LogP contribution is 2.24. The van der Waals surface area contributed by atoms with Gasteiger partial charge in [-0.05, 0) is 17.4 Å². The molecule has 2 rings (SSSR count). The van der Waals surface area contributed by atoms with E-state index in [1.807, 2.05) is 11.4 Å². The van der Waals surface area contributed by atoms with Crippen LogP contribution in [0.25, 0.3) is 10.2 Å². The molecule has 0 radical (unpaired) electrons. The lowest BCUT2D eigenvalue weighted by atomic mass is 10.1. The molecule has 0 aliphatic rings. The lowest BCUT2D eigenvalue weighted by molar-refractivity contribution is 0.592. The van der Waals surface area contributed by atoms with Gasteiger partial charge in [-0.3, -0.25) is 0 Å². The Labute approximate surface area is 98.3 Å². The number of fused-ring (bicyclic) bond motifs is 1. The van der Waals surface area contributed by atoms with E-state index in [2.05, 4.69) is 23.8 Å². The Morgan fingerprint density at radius 1 is 1.40 bits per heavy atom. The van der Waals surface area contributed by atoms with Crippen molar-refractivity contribution >= 4 is 33.2 Å². The standard InChI is InChI=1S/C11H13ClN2S/c1-7(2)8(12)5-10-11-9(3-4-15-11)13-6-14-10/h3-4,6-8H,5H2,1-2H3. The minimum absolute atomic E-state index is 0.144. The number of rotatable bonds is 3. The highest BCUT2D eigenvalue weighted by molar-refractivity contribution is 7.17. The summed E-state index contributed by atoms with van der Waals surface area (Å²) in [6, 6.07) is 2.02. The molecule has 0 amide bonds. The molecule has 2 nitrogen and oxygen atoms in total. The number of hydrogen-bond acceptors (Lipinski definition) is 3. The van der Waals surface area contributed by atoms with Gasteiger partial charge in [0, 0.05) is 11.8 Å². The minimum atomic E-state index is 0.144. The summed E-state index contributed by atoms with van der Waals surface area (Å²) in [6.07, 6.45) is 2.44. The van der Waals surface area contributed by atoms with Gasteiger partial charge in [-0.1, -0.05) is 13.8 Å². The third kappa shape index (κ3) is 2.29. The second-order valence-electron chi connectivity index (χ2n) is 3.92. The van der Waals surface area contributed by atoms with Crippen LogP contribution in [0.1, 0.15) is 19.5 Å². The lowest BCUT2D eigenvalue weighted by Crippen LogP contribution is -2.12. The molecule has 0 N–H and O–H groups in total. The average Bonchev–Trinajstić information content (AvgIpc) is 2.66. The van der Waals surface area contributed by atoms with Crippen LogP contribution in [0.4, 0.5) is 0 Å². The van der Waals surface area contributed by atoms with Crippen LogP contribution in [0.15, 0.2) is 17.8 Å². The van der Waals surface area contributed by atoms with Crippen LogP contribution in [0.3, 0.4) is 0 Å². The molecular weight excluding hydrogens is 228 g/mol. The smallest absolute Gasteiger partial charge is 0.116 e. The van der Waals surface area contributed by atoms with Crippen LogP contribution in [-0.4, -0.2) is 15.3 Å². The van der Waals surface area contributed by atoms with E-state index in [1.165, 1.54) is 4.70 Å². The van der Waals surface area contributed by atoms with Gasteiger partial charge in [0.15, 0.2) is 0 Å². The quantitative estimate of drug-likeness (QED) is 0.768. The van der Waals surface area contributed by atoms with Gasteiger partial charge in [-0.25, -0.2) is 9.97 Å². The summed E-state index contributed by atoms with van der Waals surface area (Å²) in [6.45, 7) is 4.26. The van der Waals surface area contributed by atoms with E-state index in [1.54, 1.807) is 17.7 Å². The molecule has 2 aromatic heterocycles. The Bertz CT molecular complexity index is 453. The zero-order valence-electron chi connectivity index (χ0n) is 8.77. The molecule has 0 fully saturated rings. The molecular formula is C11H13ClN2S. The maximum absolute atomic E-state index is 6.26. The first-order valence-corrected chi connectivity index (χ1v) is 6.31. The second-order valence-corrected chi connectivity index (χ2v) is 5.40. The molecule has 15 heavy (non-hydrogen) atoms.